The molecular weight excluding hydrogens is 328 g/mol. The Labute approximate surface area is 156 Å². The van der Waals surface area contributed by atoms with Gasteiger partial charge in [0.2, 0.25) is 0 Å². The van der Waals surface area contributed by atoms with Crippen LogP contribution in [0.25, 0.3) is 0 Å². The smallest absolute Gasteiger partial charge is 0.302 e. The number of carbonyl (C=O) groups excluding carboxylic acids is 2. The highest BCUT2D eigenvalue weighted by Gasteiger charge is 2.60. The monoisotopic (exact) mass is 358 g/mol. The molecule has 5 atom stereocenters. The third kappa shape index (κ3) is 2.48. The maximum absolute atomic E-state index is 12.8. The molecule has 26 heavy (non-hydrogen) atoms. The standard InChI is InChI=1S/C22H30O4/c1-14(23)26-13-22-11-9-18-17(19(22)6-7-20(22)24)5-4-15-12-16(25-3)8-10-21(15,18)2/h4,12,17-19H,5-11,13H2,1-3H3/t17-,18+,19+,21+,22-/m1/s1. The fourth-order valence-corrected chi connectivity index (χ4v) is 6.54. The van der Waals surface area contributed by atoms with Crippen molar-refractivity contribution in [2.45, 2.75) is 58.8 Å². The predicted octanol–water partition coefficient (Wildman–Crippen LogP) is 4.20. The largest absolute Gasteiger partial charge is 0.501 e. The Kier molecular flexibility index (Phi) is 4.28. The highest BCUT2D eigenvalue weighted by molar-refractivity contribution is 5.88. The second kappa shape index (κ2) is 6.24. The third-order valence-corrected chi connectivity index (χ3v) is 7.97. The first kappa shape index (κ1) is 17.8. The van der Waals surface area contributed by atoms with Gasteiger partial charge in [-0.25, -0.2) is 0 Å². The van der Waals surface area contributed by atoms with E-state index < -0.39 is 5.41 Å². The molecule has 0 aromatic rings. The van der Waals surface area contributed by atoms with Gasteiger partial charge in [0, 0.05) is 19.8 Å². The van der Waals surface area contributed by atoms with Gasteiger partial charge in [0.05, 0.1) is 18.3 Å². The van der Waals surface area contributed by atoms with Gasteiger partial charge in [-0.1, -0.05) is 13.0 Å². The molecule has 4 aliphatic rings. The van der Waals surface area contributed by atoms with Crippen LogP contribution < -0.4 is 0 Å². The number of methoxy groups -OCH3 is 1. The van der Waals surface area contributed by atoms with Gasteiger partial charge in [-0.3, -0.25) is 9.59 Å². The Morgan fingerprint density at radius 1 is 1.23 bits per heavy atom. The molecule has 0 unspecified atom stereocenters. The van der Waals surface area contributed by atoms with Gasteiger partial charge < -0.3 is 9.47 Å². The summed E-state index contributed by atoms with van der Waals surface area (Å²) in [5.74, 6) is 2.63. The molecule has 4 nitrogen and oxygen atoms in total. The molecule has 0 radical (unpaired) electrons. The summed E-state index contributed by atoms with van der Waals surface area (Å²) in [5, 5.41) is 0. The van der Waals surface area contributed by atoms with Crippen LogP contribution in [0.1, 0.15) is 58.8 Å². The van der Waals surface area contributed by atoms with E-state index in [0.717, 1.165) is 44.3 Å². The van der Waals surface area contributed by atoms with Crippen molar-refractivity contribution < 1.29 is 19.1 Å². The van der Waals surface area contributed by atoms with E-state index in [-0.39, 0.29) is 18.0 Å². The topological polar surface area (TPSA) is 52.6 Å². The Balaban J connectivity index is 1.65. The number of hydrogen-bond donors (Lipinski definition) is 0. The van der Waals surface area contributed by atoms with E-state index in [9.17, 15) is 9.59 Å². The van der Waals surface area contributed by atoms with Crippen LogP contribution in [-0.2, 0) is 19.1 Å². The summed E-state index contributed by atoms with van der Waals surface area (Å²) >= 11 is 0. The quantitative estimate of drug-likeness (QED) is 0.710. The fourth-order valence-electron chi connectivity index (χ4n) is 6.54. The molecular formula is C22H30O4. The van der Waals surface area contributed by atoms with Crippen molar-refractivity contribution in [2.24, 2.45) is 28.6 Å². The van der Waals surface area contributed by atoms with Gasteiger partial charge in [-0.05, 0) is 66.9 Å². The molecule has 2 saturated carbocycles. The molecule has 4 heteroatoms. The molecule has 0 saturated heterocycles. The Morgan fingerprint density at radius 2 is 2.04 bits per heavy atom. The lowest BCUT2D eigenvalue weighted by molar-refractivity contribution is -0.154. The first-order valence-corrected chi connectivity index (χ1v) is 10.0. The molecule has 0 bridgehead atoms. The summed E-state index contributed by atoms with van der Waals surface area (Å²) in [4.78, 5) is 24.2. The normalized spacial score (nSPS) is 41.3. The van der Waals surface area contributed by atoms with Crippen molar-refractivity contribution in [3.05, 3.63) is 23.5 Å². The highest BCUT2D eigenvalue weighted by Crippen LogP contribution is 2.63. The van der Waals surface area contributed by atoms with E-state index in [1.54, 1.807) is 7.11 Å². The molecule has 142 valence electrons. The van der Waals surface area contributed by atoms with Crippen LogP contribution in [0.2, 0.25) is 0 Å². The number of esters is 1. The Bertz CT molecular complexity index is 690. The number of rotatable bonds is 3. The number of fused-ring (bicyclic) bond motifs is 5. The number of Topliss-reactive ketones (excluding diaryl/α,β-unsaturated/α-hetero) is 1. The summed E-state index contributed by atoms with van der Waals surface area (Å²) in [7, 11) is 1.76. The van der Waals surface area contributed by atoms with Gasteiger partial charge in [0.15, 0.2) is 0 Å². The van der Waals surface area contributed by atoms with E-state index in [1.807, 2.05) is 0 Å². The summed E-state index contributed by atoms with van der Waals surface area (Å²) in [6, 6.07) is 0. The molecule has 0 aromatic carbocycles. The van der Waals surface area contributed by atoms with Crippen molar-refractivity contribution in [1.82, 2.24) is 0 Å². The number of ether oxygens (including phenoxy) is 2. The van der Waals surface area contributed by atoms with Gasteiger partial charge in [-0.2, -0.15) is 0 Å². The minimum atomic E-state index is -0.420. The molecule has 0 N–H and O–H groups in total. The SMILES string of the molecule is COC1=CC2=CC[C@H]3[C@@H]4CCC(=O)[C@@]4(COC(C)=O)CC[C@@H]3[C@@]2(C)CC1. The van der Waals surface area contributed by atoms with Crippen LogP contribution in [0.3, 0.4) is 0 Å². The molecule has 4 aliphatic carbocycles. The summed E-state index contributed by atoms with van der Waals surface area (Å²) in [6.45, 7) is 4.14. The summed E-state index contributed by atoms with van der Waals surface area (Å²) in [5.41, 5.74) is 1.19. The van der Waals surface area contributed by atoms with Crippen LogP contribution in [0.5, 0.6) is 0 Å². The second-order valence-electron chi connectivity index (χ2n) is 8.94. The summed E-state index contributed by atoms with van der Waals surface area (Å²) in [6.07, 6.45) is 11.3. The van der Waals surface area contributed by atoms with Gasteiger partial charge in [0.25, 0.3) is 0 Å². The number of hydrogen-bond acceptors (Lipinski definition) is 4. The molecule has 2 fully saturated rings. The third-order valence-electron chi connectivity index (χ3n) is 7.97. The zero-order valence-electron chi connectivity index (χ0n) is 16.2. The number of carbonyl (C=O) groups is 2. The van der Waals surface area contributed by atoms with Crippen molar-refractivity contribution in [2.75, 3.05) is 13.7 Å². The van der Waals surface area contributed by atoms with Crippen LogP contribution in [0.4, 0.5) is 0 Å². The minimum Gasteiger partial charge on any atom is -0.501 e. The average molecular weight is 358 g/mol. The van der Waals surface area contributed by atoms with Crippen LogP contribution >= 0.6 is 0 Å². The van der Waals surface area contributed by atoms with E-state index >= 15 is 0 Å². The van der Waals surface area contributed by atoms with Crippen LogP contribution in [0.15, 0.2) is 23.5 Å². The lowest BCUT2D eigenvalue weighted by Crippen LogP contribution is -2.52. The molecule has 0 aromatic heterocycles. The first-order chi connectivity index (χ1) is 12.4. The second-order valence-corrected chi connectivity index (χ2v) is 8.94. The highest BCUT2D eigenvalue weighted by atomic mass is 16.5. The maximum atomic E-state index is 12.8. The lowest BCUT2D eigenvalue weighted by Gasteiger charge is -2.56. The van der Waals surface area contributed by atoms with Crippen molar-refractivity contribution >= 4 is 11.8 Å². The van der Waals surface area contributed by atoms with Crippen LogP contribution in [-0.4, -0.2) is 25.5 Å². The predicted molar refractivity (Wildman–Crippen MR) is 98.1 cm³/mol. The lowest BCUT2D eigenvalue weighted by atomic mass is 9.48. The molecule has 0 aliphatic heterocycles. The fraction of sp³-hybridized carbons (Fsp3) is 0.727. The molecule has 0 heterocycles. The number of ketones is 1. The first-order valence-electron chi connectivity index (χ1n) is 10.0. The Morgan fingerprint density at radius 3 is 2.77 bits per heavy atom. The van der Waals surface area contributed by atoms with Gasteiger partial charge in [0.1, 0.15) is 12.4 Å². The molecule has 0 spiro atoms. The van der Waals surface area contributed by atoms with E-state index in [0.29, 0.717) is 30.0 Å². The van der Waals surface area contributed by atoms with E-state index in [4.69, 9.17) is 9.47 Å². The maximum Gasteiger partial charge on any atom is 0.302 e. The van der Waals surface area contributed by atoms with Gasteiger partial charge in [-0.15, -0.1) is 0 Å². The zero-order valence-corrected chi connectivity index (χ0v) is 16.2. The zero-order chi connectivity index (χ0) is 18.5. The molecule has 0 amide bonds. The average Bonchev–Trinajstić information content (AvgIpc) is 2.96. The van der Waals surface area contributed by atoms with Crippen molar-refractivity contribution in [3.63, 3.8) is 0 Å². The Hall–Kier alpha value is -1.58. The molecule has 4 rings (SSSR count). The van der Waals surface area contributed by atoms with Crippen molar-refractivity contribution in [1.29, 1.82) is 0 Å². The summed E-state index contributed by atoms with van der Waals surface area (Å²) < 4.78 is 10.9. The van der Waals surface area contributed by atoms with Crippen LogP contribution in [0, 0.1) is 28.6 Å². The minimum absolute atomic E-state index is 0.185. The van der Waals surface area contributed by atoms with Gasteiger partial charge >= 0.3 is 5.97 Å². The number of allylic oxidation sites excluding steroid dienone is 4. The van der Waals surface area contributed by atoms with E-state index in [2.05, 4.69) is 19.1 Å². The van der Waals surface area contributed by atoms with Crippen molar-refractivity contribution in [3.8, 4) is 0 Å². The van der Waals surface area contributed by atoms with E-state index in [1.165, 1.54) is 12.5 Å².